The molecule has 0 aliphatic heterocycles. The van der Waals surface area contributed by atoms with Crippen LogP contribution in [-0.2, 0) is 0 Å². The Balaban J connectivity index is 1.02. The van der Waals surface area contributed by atoms with Crippen LogP contribution in [-0.4, -0.2) is 4.57 Å². The average Bonchev–Trinajstić information content (AvgIpc) is 4.07. The second-order valence-corrected chi connectivity index (χ2v) is 17.2. The highest BCUT2D eigenvalue weighted by atomic mass is 16.3. The lowest BCUT2D eigenvalue weighted by Gasteiger charge is -2.30. The summed E-state index contributed by atoms with van der Waals surface area (Å²) in [4.78, 5) is 2.44. The summed E-state index contributed by atoms with van der Waals surface area (Å²) in [7, 11) is 0. The van der Waals surface area contributed by atoms with E-state index in [4.69, 9.17) is 8.83 Å². The summed E-state index contributed by atoms with van der Waals surface area (Å²) in [5.41, 5.74) is 14.4. The van der Waals surface area contributed by atoms with E-state index in [9.17, 15) is 0 Å². The highest BCUT2D eigenvalue weighted by Gasteiger charge is 2.25. The van der Waals surface area contributed by atoms with Gasteiger partial charge in [-0.25, -0.2) is 0 Å². The molecule has 0 aliphatic carbocycles. The van der Waals surface area contributed by atoms with Crippen LogP contribution in [0.3, 0.4) is 0 Å². The van der Waals surface area contributed by atoms with Gasteiger partial charge in [0.15, 0.2) is 0 Å². The van der Waals surface area contributed by atoms with Gasteiger partial charge in [-0.3, -0.25) is 0 Å². The average molecular weight is 843 g/mol. The summed E-state index contributed by atoms with van der Waals surface area (Å²) in [6, 6.07) is 82.8. The Morgan fingerprint density at radius 2 is 0.924 bits per heavy atom. The van der Waals surface area contributed by atoms with E-state index >= 15 is 0 Å². The van der Waals surface area contributed by atoms with E-state index in [1.165, 1.54) is 38.0 Å². The molecule has 308 valence electrons. The van der Waals surface area contributed by atoms with Crippen molar-refractivity contribution in [1.29, 1.82) is 0 Å². The first-order valence-electron chi connectivity index (χ1n) is 22.5. The molecular formula is C62H38N2O2. The van der Waals surface area contributed by atoms with E-state index in [2.05, 4.69) is 222 Å². The van der Waals surface area contributed by atoms with Crippen LogP contribution >= 0.6 is 0 Å². The topological polar surface area (TPSA) is 34.5 Å². The zero-order valence-electron chi connectivity index (χ0n) is 35.7. The van der Waals surface area contributed by atoms with E-state index < -0.39 is 0 Å². The van der Waals surface area contributed by atoms with Crippen molar-refractivity contribution in [2.75, 3.05) is 4.90 Å². The Labute approximate surface area is 379 Å². The van der Waals surface area contributed by atoms with Crippen LogP contribution in [0.25, 0.3) is 115 Å². The molecule has 0 spiro atoms. The Kier molecular flexibility index (Phi) is 7.95. The fourth-order valence-electron chi connectivity index (χ4n) is 10.7. The van der Waals surface area contributed by atoms with Gasteiger partial charge in [-0.05, 0) is 106 Å². The van der Waals surface area contributed by atoms with E-state index in [0.29, 0.717) is 0 Å². The van der Waals surface area contributed by atoms with Gasteiger partial charge >= 0.3 is 0 Å². The molecule has 4 nitrogen and oxygen atoms in total. The van der Waals surface area contributed by atoms with Gasteiger partial charge < -0.3 is 18.3 Å². The van der Waals surface area contributed by atoms with Gasteiger partial charge in [-0.15, -0.1) is 0 Å². The van der Waals surface area contributed by atoms with Crippen molar-refractivity contribution in [3.63, 3.8) is 0 Å². The molecule has 0 N–H and O–H groups in total. The van der Waals surface area contributed by atoms with Crippen molar-refractivity contribution in [3.8, 4) is 27.9 Å². The SMILES string of the molecule is c1ccc2c(c1)cc(N(c1ccc(-c3cccc4oc5ccccc5c34)cc1)c1ccc3c(oc4ccccc43)c1-c1ccc(-n3c4ccccc4c4ccccc43)cc1)c1ccccc12. The summed E-state index contributed by atoms with van der Waals surface area (Å²) >= 11 is 0. The van der Waals surface area contributed by atoms with Gasteiger partial charge in [0.05, 0.1) is 22.4 Å². The number of para-hydroxylation sites is 4. The molecular weight excluding hydrogens is 805 g/mol. The molecule has 0 saturated heterocycles. The number of nitrogens with zero attached hydrogens (tertiary/aromatic N) is 2. The Morgan fingerprint density at radius 3 is 1.67 bits per heavy atom. The lowest BCUT2D eigenvalue weighted by atomic mass is 9.95. The van der Waals surface area contributed by atoms with Gasteiger partial charge in [-0.1, -0.05) is 158 Å². The highest BCUT2D eigenvalue weighted by molar-refractivity contribution is 6.18. The smallest absolute Gasteiger partial charge is 0.145 e. The van der Waals surface area contributed by atoms with Crippen molar-refractivity contribution in [2.24, 2.45) is 0 Å². The fourth-order valence-corrected chi connectivity index (χ4v) is 10.7. The molecule has 0 bridgehead atoms. The monoisotopic (exact) mass is 842 g/mol. The van der Waals surface area contributed by atoms with Crippen LogP contribution in [0.4, 0.5) is 17.1 Å². The van der Waals surface area contributed by atoms with Gasteiger partial charge in [0.1, 0.15) is 22.3 Å². The van der Waals surface area contributed by atoms with E-state index in [-0.39, 0.29) is 0 Å². The number of hydrogen-bond donors (Lipinski definition) is 0. The van der Waals surface area contributed by atoms with Gasteiger partial charge in [0, 0.05) is 54.6 Å². The van der Waals surface area contributed by atoms with E-state index in [1.54, 1.807) is 0 Å². The van der Waals surface area contributed by atoms with Crippen molar-refractivity contribution in [3.05, 3.63) is 231 Å². The molecule has 66 heavy (non-hydrogen) atoms. The number of benzene rings is 11. The van der Waals surface area contributed by atoms with Crippen molar-refractivity contribution < 1.29 is 8.83 Å². The predicted octanol–water partition coefficient (Wildman–Crippen LogP) is 17.7. The van der Waals surface area contributed by atoms with Crippen LogP contribution in [0.15, 0.2) is 239 Å². The molecule has 0 aliphatic rings. The lowest BCUT2D eigenvalue weighted by molar-refractivity contribution is 0.669. The summed E-state index contributed by atoms with van der Waals surface area (Å²) < 4.78 is 15.7. The Morgan fingerprint density at radius 1 is 0.348 bits per heavy atom. The minimum Gasteiger partial charge on any atom is -0.456 e. The Bertz CT molecular complexity index is 4170. The summed E-state index contributed by atoms with van der Waals surface area (Å²) in [5, 5.41) is 11.7. The first kappa shape index (κ1) is 36.6. The third-order valence-electron chi connectivity index (χ3n) is 13.6. The molecule has 3 aromatic heterocycles. The number of anilines is 3. The zero-order chi connectivity index (χ0) is 43.3. The van der Waals surface area contributed by atoms with Crippen molar-refractivity contribution in [2.45, 2.75) is 0 Å². The van der Waals surface area contributed by atoms with Crippen molar-refractivity contribution >= 4 is 104 Å². The first-order valence-corrected chi connectivity index (χ1v) is 22.5. The van der Waals surface area contributed by atoms with E-state index in [0.717, 1.165) is 94.3 Å². The second-order valence-electron chi connectivity index (χ2n) is 17.2. The molecule has 0 amide bonds. The molecule has 14 aromatic rings. The standard InChI is InChI=1S/C62H38N2O2/c1-2-15-44-41(14-1)38-56(47-17-4-3-16-46(44)47)64(43-32-28-39(29-33-43)45-22-13-27-59-61(45)52-21-8-12-26-58(52)65-59)55-37-36-51-50-20-7-11-25-57(50)66-62(51)60(55)40-30-34-42(35-31-40)63-53-23-9-5-18-48(53)49-19-6-10-24-54(49)63/h1-38H. The molecule has 0 saturated carbocycles. The maximum absolute atomic E-state index is 6.98. The second kappa shape index (κ2) is 14.3. The summed E-state index contributed by atoms with van der Waals surface area (Å²) in [5.74, 6) is 0. The molecule has 4 heteroatoms. The van der Waals surface area contributed by atoms with E-state index in [1.807, 2.05) is 18.2 Å². The van der Waals surface area contributed by atoms with Crippen molar-refractivity contribution in [1.82, 2.24) is 4.57 Å². The zero-order valence-corrected chi connectivity index (χ0v) is 35.7. The molecule has 0 unspecified atom stereocenters. The number of fused-ring (bicyclic) bond motifs is 12. The normalized spacial score (nSPS) is 11.9. The number of furan rings is 2. The largest absolute Gasteiger partial charge is 0.456 e. The minimum absolute atomic E-state index is 0.851. The molecule has 0 radical (unpaired) electrons. The summed E-state index contributed by atoms with van der Waals surface area (Å²) in [6.45, 7) is 0. The number of aromatic nitrogens is 1. The Hall–Kier alpha value is -8.86. The van der Waals surface area contributed by atoms with Crippen LogP contribution in [0, 0.1) is 0 Å². The minimum atomic E-state index is 0.851. The maximum Gasteiger partial charge on any atom is 0.145 e. The fraction of sp³-hybridized carbons (Fsp3) is 0. The maximum atomic E-state index is 6.98. The molecule has 14 rings (SSSR count). The number of hydrogen-bond acceptors (Lipinski definition) is 3. The van der Waals surface area contributed by atoms with Gasteiger partial charge in [0.2, 0.25) is 0 Å². The third kappa shape index (κ3) is 5.45. The van der Waals surface area contributed by atoms with Crippen LogP contribution in [0.5, 0.6) is 0 Å². The number of rotatable bonds is 6. The third-order valence-corrected chi connectivity index (χ3v) is 13.6. The quantitative estimate of drug-likeness (QED) is 0.156. The van der Waals surface area contributed by atoms with Gasteiger partial charge in [-0.2, -0.15) is 0 Å². The molecule has 3 heterocycles. The first-order chi connectivity index (χ1) is 32.7. The van der Waals surface area contributed by atoms with Crippen LogP contribution < -0.4 is 4.90 Å². The van der Waals surface area contributed by atoms with Gasteiger partial charge in [0.25, 0.3) is 0 Å². The molecule has 11 aromatic carbocycles. The van der Waals surface area contributed by atoms with Crippen LogP contribution in [0.2, 0.25) is 0 Å². The molecule has 0 atom stereocenters. The lowest BCUT2D eigenvalue weighted by Crippen LogP contribution is -2.12. The highest BCUT2D eigenvalue weighted by Crippen LogP contribution is 2.50. The van der Waals surface area contributed by atoms with Crippen LogP contribution in [0.1, 0.15) is 0 Å². The predicted molar refractivity (Wildman–Crippen MR) is 276 cm³/mol. The molecule has 0 fully saturated rings. The summed E-state index contributed by atoms with van der Waals surface area (Å²) in [6.07, 6.45) is 0.